The molecule has 1 fully saturated rings. The van der Waals surface area contributed by atoms with E-state index in [1.54, 1.807) is 0 Å². The number of aliphatic hydroxyl groups excluding tert-OH is 1. The normalized spacial score (nSPS) is 21.0. The van der Waals surface area contributed by atoms with Crippen molar-refractivity contribution in [2.75, 3.05) is 7.11 Å². The zero-order valence-corrected chi connectivity index (χ0v) is 12.7. The van der Waals surface area contributed by atoms with Gasteiger partial charge in [0.1, 0.15) is 0 Å². The fourth-order valence-corrected chi connectivity index (χ4v) is 2.38. The van der Waals surface area contributed by atoms with Crippen molar-refractivity contribution in [1.29, 1.82) is 0 Å². The summed E-state index contributed by atoms with van der Waals surface area (Å²) in [7, 11) is 1.00. The molecule has 100 valence electrons. The largest absolute Gasteiger partial charge is 0.400 e. The average molecular weight is 230 g/mol. The van der Waals surface area contributed by atoms with Gasteiger partial charge < -0.3 is 5.11 Å². The lowest BCUT2D eigenvalue weighted by molar-refractivity contribution is 0.108. The van der Waals surface area contributed by atoms with E-state index >= 15 is 0 Å². The van der Waals surface area contributed by atoms with Gasteiger partial charge in [-0.2, -0.15) is 0 Å². The number of rotatable bonds is 2. The summed E-state index contributed by atoms with van der Waals surface area (Å²) >= 11 is 0. The summed E-state index contributed by atoms with van der Waals surface area (Å²) in [5, 5.41) is 7.00. The topological polar surface area (TPSA) is 20.2 Å². The molecular formula is C15H34O. The molecular weight excluding hydrogens is 196 g/mol. The first-order chi connectivity index (χ1) is 7.47. The zero-order chi connectivity index (χ0) is 13.2. The molecule has 1 N–H and O–H groups in total. The maximum Gasteiger partial charge on any atom is 0.0319 e. The molecule has 1 rings (SSSR count). The molecule has 16 heavy (non-hydrogen) atoms. The second-order valence-electron chi connectivity index (χ2n) is 5.72. The Bertz CT molecular complexity index is 140. The highest BCUT2D eigenvalue weighted by Gasteiger charge is 2.33. The molecule has 1 saturated carbocycles. The highest BCUT2D eigenvalue weighted by molar-refractivity contribution is 4.85. The third-order valence-electron chi connectivity index (χ3n) is 3.66. The van der Waals surface area contributed by atoms with Crippen LogP contribution >= 0.6 is 0 Å². The van der Waals surface area contributed by atoms with E-state index in [0.717, 1.165) is 7.11 Å². The van der Waals surface area contributed by atoms with Crippen LogP contribution in [0.25, 0.3) is 0 Å². The Balaban J connectivity index is 0. The van der Waals surface area contributed by atoms with Gasteiger partial charge in [-0.3, -0.25) is 0 Å². The van der Waals surface area contributed by atoms with Crippen LogP contribution in [-0.4, -0.2) is 12.2 Å². The summed E-state index contributed by atoms with van der Waals surface area (Å²) in [6.45, 7) is 13.6. The van der Waals surface area contributed by atoms with Gasteiger partial charge in [-0.25, -0.2) is 0 Å². The Labute approximate surface area is 104 Å². The second-order valence-corrected chi connectivity index (χ2v) is 5.72. The van der Waals surface area contributed by atoms with Crippen LogP contribution in [-0.2, 0) is 0 Å². The minimum Gasteiger partial charge on any atom is -0.400 e. The van der Waals surface area contributed by atoms with E-state index in [1.165, 1.54) is 38.5 Å². The van der Waals surface area contributed by atoms with Gasteiger partial charge >= 0.3 is 0 Å². The van der Waals surface area contributed by atoms with Crippen molar-refractivity contribution in [3.05, 3.63) is 0 Å². The SMILES string of the molecule is CC.CCCC1(C)CCC(C)(C)CC1.CO. The first kappa shape index (κ1) is 18.3. The number of hydrogen-bond acceptors (Lipinski definition) is 1. The first-order valence-corrected chi connectivity index (χ1v) is 6.92. The summed E-state index contributed by atoms with van der Waals surface area (Å²) in [6, 6.07) is 0. The van der Waals surface area contributed by atoms with Gasteiger partial charge in [0.05, 0.1) is 0 Å². The van der Waals surface area contributed by atoms with Crippen molar-refractivity contribution in [3.63, 3.8) is 0 Å². The molecule has 0 bridgehead atoms. The monoisotopic (exact) mass is 230 g/mol. The summed E-state index contributed by atoms with van der Waals surface area (Å²) in [6.07, 6.45) is 8.56. The fourth-order valence-electron chi connectivity index (χ4n) is 2.38. The van der Waals surface area contributed by atoms with Crippen LogP contribution in [0.15, 0.2) is 0 Å². The van der Waals surface area contributed by atoms with E-state index in [9.17, 15) is 0 Å². The van der Waals surface area contributed by atoms with E-state index in [-0.39, 0.29) is 0 Å². The molecule has 1 heteroatoms. The molecule has 0 spiro atoms. The fraction of sp³-hybridized carbons (Fsp3) is 1.00. The molecule has 0 aromatic carbocycles. The van der Waals surface area contributed by atoms with Crippen molar-refractivity contribution in [2.24, 2.45) is 10.8 Å². The molecule has 1 nitrogen and oxygen atoms in total. The second kappa shape index (κ2) is 9.04. The Morgan fingerprint density at radius 2 is 1.25 bits per heavy atom. The van der Waals surface area contributed by atoms with Crippen molar-refractivity contribution in [1.82, 2.24) is 0 Å². The predicted octanol–water partition coefficient (Wildman–Crippen LogP) is 5.03. The van der Waals surface area contributed by atoms with Crippen molar-refractivity contribution >= 4 is 0 Å². The van der Waals surface area contributed by atoms with Crippen LogP contribution in [0.1, 0.15) is 80.1 Å². The smallest absolute Gasteiger partial charge is 0.0319 e. The molecule has 0 radical (unpaired) electrons. The average Bonchev–Trinajstić information content (AvgIpc) is 2.29. The van der Waals surface area contributed by atoms with Crippen LogP contribution in [0.5, 0.6) is 0 Å². The van der Waals surface area contributed by atoms with E-state index in [1.807, 2.05) is 13.8 Å². The van der Waals surface area contributed by atoms with E-state index in [4.69, 9.17) is 5.11 Å². The molecule has 0 aliphatic heterocycles. The first-order valence-electron chi connectivity index (χ1n) is 6.92. The third kappa shape index (κ3) is 7.27. The lowest BCUT2D eigenvalue weighted by Crippen LogP contribution is -2.28. The summed E-state index contributed by atoms with van der Waals surface area (Å²) in [5.74, 6) is 0. The Kier molecular flexibility index (Phi) is 10.4. The van der Waals surface area contributed by atoms with E-state index in [2.05, 4.69) is 27.7 Å². The van der Waals surface area contributed by atoms with Gasteiger partial charge in [0.15, 0.2) is 0 Å². The molecule has 0 aromatic rings. The molecule has 0 saturated heterocycles. The minimum absolute atomic E-state index is 0.632. The summed E-state index contributed by atoms with van der Waals surface area (Å²) in [4.78, 5) is 0. The number of aliphatic hydroxyl groups is 1. The quantitative estimate of drug-likeness (QED) is 0.705. The molecule has 0 atom stereocenters. The van der Waals surface area contributed by atoms with Crippen molar-refractivity contribution < 1.29 is 5.11 Å². The number of hydrogen-bond donors (Lipinski definition) is 1. The van der Waals surface area contributed by atoms with Gasteiger partial charge in [0.2, 0.25) is 0 Å². The van der Waals surface area contributed by atoms with Gasteiger partial charge in [-0.05, 0) is 42.9 Å². The Morgan fingerprint density at radius 3 is 1.56 bits per heavy atom. The van der Waals surface area contributed by atoms with Crippen LogP contribution < -0.4 is 0 Å². The third-order valence-corrected chi connectivity index (χ3v) is 3.66. The minimum atomic E-state index is 0.632. The summed E-state index contributed by atoms with van der Waals surface area (Å²) in [5.41, 5.74) is 1.32. The molecule has 0 amide bonds. The van der Waals surface area contributed by atoms with Crippen LogP contribution in [0.4, 0.5) is 0 Å². The van der Waals surface area contributed by atoms with Gasteiger partial charge in [-0.15, -0.1) is 0 Å². The summed E-state index contributed by atoms with van der Waals surface area (Å²) < 4.78 is 0. The molecule has 0 aromatic heterocycles. The maximum absolute atomic E-state index is 7.00. The van der Waals surface area contributed by atoms with Gasteiger partial charge in [0, 0.05) is 7.11 Å². The van der Waals surface area contributed by atoms with Gasteiger partial charge in [-0.1, -0.05) is 48.0 Å². The Morgan fingerprint density at radius 1 is 0.875 bits per heavy atom. The maximum atomic E-state index is 7.00. The van der Waals surface area contributed by atoms with Gasteiger partial charge in [0.25, 0.3) is 0 Å². The van der Waals surface area contributed by atoms with E-state index in [0.29, 0.717) is 10.8 Å². The molecule has 0 unspecified atom stereocenters. The van der Waals surface area contributed by atoms with Crippen LogP contribution in [0.3, 0.4) is 0 Å². The van der Waals surface area contributed by atoms with Crippen LogP contribution in [0.2, 0.25) is 0 Å². The molecule has 0 heterocycles. The zero-order valence-electron chi connectivity index (χ0n) is 12.7. The van der Waals surface area contributed by atoms with E-state index < -0.39 is 0 Å². The van der Waals surface area contributed by atoms with Crippen molar-refractivity contribution in [3.8, 4) is 0 Å². The molecule has 1 aliphatic rings. The predicted molar refractivity (Wildman–Crippen MR) is 74.8 cm³/mol. The Hall–Kier alpha value is -0.0400. The van der Waals surface area contributed by atoms with Crippen LogP contribution in [0, 0.1) is 10.8 Å². The lowest BCUT2D eigenvalue weighted by Gasteiger charge is -2.41. The highest BCUT2D eigenvalue weighted by atomic mass is 16.2. The van der Waals surface area contributed by atoms with Crippen molar-refractivity contribution in [2.45, 2.75) is 80.1 Å². The molecule has 1 aliphatic carbocycles. The standard InChI is InChI=1S/C12H24.C2H6.CH4O/c1-5-6-12(4)9-7-11(2,3)8-10-12;2*1-2/h5-10H2,1-4H3;1-2H3;2H,1H3. The lowest BCUT2D eigenvalue weighted by atomic mass is 9.64. The highest BCUT2D eigenvalue weighted by Crippen LogP contribution is 2.46.